The number of hydrogen-bond acceptors (Lipinski definition) is 4. The quantitative estimate of drug-likeness (QED) is 0.643. The summed E-state index contributed by atoms with van der Waals surface area (Å²) in [6.45, 7) is 4.73. The number of methoxy groups -OCH3 is 1. The number of carbonyl (C=O) groups is 2. The van der Waals surface area contributed by atoms with Crippen LogP contribution in [0.3, 0.4) is 0 Å². The summed E-state index contributed by atoms with van der Waals surface area (Å²) in [4.78, 5) is 23.9. The molecule has 0 fully saturated rings. The summed E-state index contributed by atoms with van der Waals surface area (Å²) in [5.74, 6) is -0.662. The summed E-state index contributed by atoms with van der Waals surface area (Å²) < 4.78 is 4.69. The average molecular weight is 389 g/mol. The molecular formula is C21H25ClN2O3. The number of para-hydroxylation sites is 1. The number of ether oxygens (including phenoxy) is 1. The highest BCUT2D eigenvalue weighted by molar-refractivity contribution is 6.33. The van der Waals surface area contributed by atoms with Crippen molar-refractivity contribution >= 4 is 34.9 Å². The summed E-state index contributed by atoms with van der Waals surface area (Å²) >= 11 is 6.11. The third-order valence-corrected chi connectivity index (χ3v) is 4.64. The molecule has 0 aromatic heterocycles. The summed E-state index contributed by atoms with van der Waals surface area (Å²) in [7, 11) is 1.31. The lowest BCUT2D eigenvalue weighted by molar-refractivity contribution is -0.115. The fourth-order valence-corrected chi connectivity index (χ4v) is 3.01. The van der Waals surface area contributed by atoms with E-state index in [1.165, 1.54) is 24.3 Å². The van der Waals surface area contributed by atoms with E-state index in [0.29, 0.717) is 22.8 Å². The molecule has 0 aliphatic rings. The highest BCUT2D eigenvalue weighted by Crippen LogP contribution is 2.24. The molecule has 0 spiro atoms. The molecule has 1 amide bonds. The van der Waals surface area contributed by atoms with Crippen molar-refractivity contribution in [2.45, 2.75) is 33.1 Å². The molecule has 5 nitrogen and oxygen atoms in total. The predicted molar refractivity (Wildman–Crippen MR) is 110 cm³/mol. The zero-order valence-electron chi connectivity index (χ0n) is 15.9. The molecule has 144 valence electrons. The lowest BCUT2D eigenvalue weighted by Crippen LogP contribution is -2.17. The Labute approximate surface area is 165 Å². The first-order chi connectivity index (χ1) is 13.0. The first-order valence-electron chi connectivity index (χ1n) is 9.02. The van der Waals surface area contributed by atoms with Crippen molar-refractivity contribution in [3.8, 4) is 0 Å². The fourth-order valence-electron chi connectivity index (χ4n) is 2.85. The van der Waals surface area contributed by atoms with E-state index in [4.69, 9.17) is 11.6 Å². The lowest BCUT2D eigenvalue weighted by Gasteiger charge is -2.15. The largest absolute Gasteiger partial charge is 0.465 e. The zero-order chi connectivity index (χ0) is 19.8. The van der Waals surface area contributed by atoms with E-state index >= 15 is 0 Å². The SMILES string of the molecule is CCc1cccc(CC)c1NCCC(=O)Nc1cc(C(=O)OC)ccc1Cl. The van der Waals surface area contributed by atoms with Crippen LogP contribution >= 0.6 is 11.6 Å². The van der Waals surface area contributed by atoms with Crippen LogP contribution in [0.5, 0.6) is 0 Å². The number of hydrogen-bond donors (Lipinski definition) is 2. The number of esters is 1. The van der Waals surface area contributed by atoms with Crippen molar-refractivity contribution in [3.05, 3.63) is 58.1 Å². The van der Waals surface area contributed by atoms with Crippen molar-refractivity contribution in [2.75, 3.05) is 24.3 Å². The van der Waals surface area contributed by atoms with E-state index in [-0.39, 0.29) is 12.3 Å². The Bertz CT molecular complexity index is 799. The minimum atomic E-state index is -0.480. The molecule has 27 heavy (non-hydrogen) atoms. The monoisotopic (exact) mass is 388 g/mol. The Morgan fingerprint density at radius 2 is 1.74 bits per heavy atom. The van der Waals surface area contributed by atoms with Crippen LogP contribution in [-0.4, -0.2) is 25.5 Å². The molecule has 0 aliphatic heterocycles. The van der Waals surface area contributed by atoms with Gasteiger partial charge in [0.2, 0.25) is 5.91 Å². The molecule has 6 heteroatoms. The second kappa shape index (κ2) is 9.97. The highest BCUT2D eigenvalue weighted by Gasteiger charge is 2.12. The number of rotatable bonds is 8. The van der Waals surface area contributed by atoms with Gasteiger partial charge in [-0.1, -0.05) is 43.6 Å². The van der Waals surface area contributed by atoms with Crippen molar-refractivity contribution in [2.24, 2.45) is 0 Å². The van der Waals surface area contributed by atoms with Gasteiger partial charge in [-0.3, -0.25) is 4.79 Å². The Balaban J connectivity index is 1.99. The van der Waals surface area contributed by atoms with E-state index < -0.39 is 5.97 Å². The van der Waals surface area contributed by atoms with E-state index in [9.17, 15) is 9.59 Å². The summed E-state index contributed by atoms with van der Waals surface area (Å²) in [5, 5.41) is 6.51. The van der Waals surface area contributed by atoms with E-state index in [1.54, 1.807) is 12.1 Å². The number of halogens is 1. The molecule has 0 bridgehead atoms. The van der Waals surface area contributed by atoms with Gasteiger partial charge in [-0.05, 0) is 42.2 Å². The molecular weight excluding hydrogens is 364 g/mol. The Kier molecular flexibility index (Phi) is 7.67. The molecule has 0 saturated carbocycles. The van der Waals surface area contributed by atoms with Gasteiger partial charge >= 0.3 is 5.97 Å². The Morgan fingerprint density at radius 1 is 1.07 bits per heavy atom. The summed E-state index contributed by atoms with van der Waals surface area (Å²) in [5.41, 5.74) is 4.32. The van der Waals surface area contributed by atoms with Crippen LogP contribution in [0.25, 0.3) is 0 Å². The average Bonchev–Trinajstić information content (AvgIpc) is 2.68. The van der Waals surface area contributed by atoms with Gasteiger partial charge in [0.15, 0.2) is 0 Å². The number of nitrogens with one attached hydrogen (secondary N) is 2. The van der Waals surface area contributed by atoms with Crippen molar-refractivity contribution in [1.82, 2.24) is 0 Å². The van der Waals surface area contributed by atoms with Gasteiger partial charge in [0.05, 0.1) is 23.4 Å². The number of benzene rings is 2. The second-order valence-electron chi connectivity index (χ2n) is 6.07. The predicted octanol–water partition coefficient (Wildman–Crippen LogP) is 4.69. The third-order valence-electron chi connectivity index (χ3n) is 4.31. The van der Waals surface area contributed by atoms with Gasteiger partial charge in [0.1, 0.15) is 0 Å². The van der Waals surface area contributed by atoms with E-state index in [2.05, 4.69) is 47.4 Å². The maximum Gasteiger partial charge on any atom is 0.337 e. The van der Waals surface area contributed by atoms with Crippen molar-refractivity contribution < 1.29 is 14.3 Å². The molecule has 0 unspecified atom stereocenters. The van der Waals surface area contributed by atoms with Crippen LogP contribution < -0.4 is 10.6 Å². The van der Waals surface area contributed by atoms with Crippen LogP contribution in [0.2, 0.25) is 5.02 Å². The Hall–Kier alpha value is -2.53. The molecule has 0 atom stereocenters. The smallest absolute Gasteiger partial charge is 0.337 e. The molecule has 2 N–H and O–H groups in total. The molecule has 2 aromatic carbocycles. The van der Waals surface area contributed by atoms with Gasteiger partial charge < -0.3 is 15.4 Å². The highest BCUT2D eigenvalue weighted by atomic mass is 35.5. The number of amides is 1. The van der Waals surface area contributed by atoms with E-state index in [0.717, 1.165) is 18.5 Å². The molecule has 0 saturated heterocycles. The van der Waals surface area contributed by atoms with Crippen molar-refractivity contribution in [1.29, 1.82) is 0 Å². The minimum absolute atomic E-state index is 0.182. The Morgan fingerprint density at radius 3 is 2.33 bits per heavy atom. The maximum absolute atomic E-state index is 12.3. The topological polar surface area (TPSA) is 67.4 Å². The molecule has 0 heterocycles. The number of aryl methyl sites for hydroxylation is 2. The molecule has 0 aliphatic carbocycles. The second-order valence-corrected chi connectivity index (χ2v) is 6.48. The van der Waals surface area contributed by atoms with Gasteiger partial charge in [0, 0.05) is 18.7 Å². The summed E-state index contributed by atoms with van der Waals surface area (Å²) in [6.07, 6.45) is 2.14. The molecule has 2 rings (SSSR count). The van der Waals surface area contributed by atoms with Crippen molar-refractivity contribution in [3.63, 3.8) is 0 Å². The van der Waals surface area contributed by atoms with Crippen LogP contribution in [0, 0.1) is 0 Å². The van der Waals surface area contributed by atoms with Crippen LogP contribution in [0.4, 0.5) is 11.4 Å². The normalized spacial score (nSPS) is 10.4. The first-order valence-corrected chi connectivity index (χ1v) is 9.40. The van der Waals surface area contributed by atoms with E-state index in [1.807, 2.05) is 0 Å². The van der Waals surface area contributed by atoms with Crippen LogP contribution in [-0.2, 0) is 22.4 Å². The third kappa shape index (κ3) is 5.47. The number of anilines is 2. The standard InChI is InChI=1S/C21H25ClN2O3/c1-4-14-7-6-8-15(5-2)20(14)23-12-11-19(25)24-18-13-16(21(26)27-3)9-10-17(18)22/h6-10,13,23H,4-5,11-12H2,1-3H3,(H,24,25). The fraction of sp³-hybridized carbons (Fsp3) is 0.333. The molecule has 0 radical (unpaired) electrons. The van der Waals surface area contributed by atoms with Gasteiger partial charge in [-0.15, -0.1) is 0 Å². The van der Waals surface area contributed by atoms with Gasteiger partial charge in [-0.2, -0.15) is 0 Å². The lowest BCUT2D eigenvalue weighted by atomic mass is 10.0. The minimum Gasteiger partial charge on any atom is -0.465 e. The summed E-state index contributed by atoms with van der Waals surface area (Å²) in [6, 6.07) is 10.9. The van der Waals surface area contributed by atoms with Gasteiger partial charge in [-0.25, -0.2) is 4.79 Å². The first kappa shape index (κ1) is 20.8. The van der Waals surface area contributed by atoms with Crippen LogP contribution in [0.1, 0.15) is 41.8 Å². The number of carbonyl (C=O) groups excluding carboxylic acids is 2. The zero-order valence-corrected chi connectivity index (χ0v) is 16.7. The molecule has 2 aromatic rings. The van der Waals surface area contributed by atoms with Gasteiger partial charge in [0.25, 0.3) is 0 Å². The van der Waals surface area contributed by atoms with Crippen LogP contribution in [0.15, 0.2) is 36.4 Å². The maximum atomic E-state index is 12.3.